The van der Waals surface area contributed by atoms with Crippen molar-refractivity contribution in [2.24, 2.45) is 0 Å². The number of rotatable bonds is 3. The number of aromatic nitrogens is 2. The Balaban J connectivity index is 1.40. The normalized spacial score (nSPS) is 18.2. The van der Waals surface area contributed by atoms with Gasteiger partial charge in [-0.2, -0.15) is 9.78 Å². The number of nitrogens with one attached hydrogen (secondary N) is 2. The molecule has 2 heterocycles. The Morgan fingerprint density at radius 3 is 2.85 bits per heavy atom. The summed E-state index contributed by atoms with van der Waals surface area (Å²) >= 11 is 0. The van der Waals surface area contributed by atoms with Crippen LogP contribution in [-0.2, 0) is 4.74 Å². The van der Waals surface area contributed by atoms with Crippen molar-refractivity contribution in [1.29, 1.82) is 0 Å². The summed E-state index contributed by atoms with van der Waals surface area (Å²) in [6.07, 6.45) is 3.69. The fourth-order valence-electron chi connectivity index (χ4n) is 4.50. The molecule has 3 aromatic rings. The molecule has 2 aliphatic rings. The molecule has 5 rings (SSSR count). The zero-order chi connectivity index (χ0) is 23.2. The maximum Gasteiger partial charge on any atom is 0.435 e. The second-order valence-corrected chi connectivity index (χ2v) is 8.29. The standard InChI is InChI=1S/C23H22F2N4O4/c1-2-32-22(31)29-19-6-3-5-17(15(19)12-26-29)27-21(30)28-18-11-23(7-4-8-23)33-20-14(18)9-13(24)10-16(20)25/h3,5-6,9-10,12,18H,2,4,7-8,11H2,1H3,(H2,27,28,30). The van der Waals surface area contributed by atoms with Crippen molar-refractivity contribution >= 4 is 28.7 Å². The van der Waals surface area contributed by atoms with E-state index in [1.54, 1.807) is 25.1 Å². The van der Waals surface area contributed by atoms with E-state index in [9.17, 15) is 18.4 Å². The van der Waals surface area contributed by atoms with Crippen molar-refractivity contribution in [3.8, 4) is 5.75 Å². The average Bonchev–Trinajstić information content (AvgIpc) is 3.18. The summed E-state index contributed by atoms with van der Waals surface area (Å²) < 4.78 is 40.4. The lowest BCUT2D eigenvalue weighted by molar-refractivity contribution is -0.0386. The number of fused-ring (bicyclic) bond motifs is 2. The average molecular weight is 456 g/mol. The van der Waals surface area contributed by atoms with Crippen LogP contribution in [0.4, 0.5) is 24.1 Å². The molecule has 1 aliphatic heterocycles. The molecule has 1 saturated carbocycles. The zero-order valence-corrected chi connectivity index (χ0v) is 17.9. The van der Waals surface area contributed by atoms with E-state index in [4.69, 9.17) is 9.47 Å². The van der Waals surface area contributed by atoms with Crippen LogP contribution in [0, 0.1) is 11.6 Å². The van der Waals surface area contributed by atoms with Crippen LogP contribution < -0.4 is 15.4 Å². The van der Waals surface area contributed by atoms with E-state index in [0.717, 1.165) is 30.0 Å². The highest BCUT2D eigenvalue weighted by atomic mass is 19.1. The number of hydrogen-bond donors (Lipinski definition) is 2. The summed E-state index contributed by atoms with van der Waals surface area (Å²) in [7, 11) is 0. The molecule has 1 aromatic heterocycles. The van der Waals surface area contributed by atoms with Crippen molar-refractivity contribution in [3.63, 3.8) is 0 Å². The number of urea groups is 1. The smallest absolute Gasteiger partial charge is 0.435 e. The highest BCUT2D eigenvalue weighted by molar-refractivity contribution is 6.02. The predicted molar refractivity (Wildman–Crippen MR) is 115 cm³/mol. The molecule has 1 aliphatic carbocycles. The number of carbonyl (C=O) groups is 2. The van der Waals surface area contributed by atoms with Gasteiger partial charge in [0.25, 0.3) is 0 Å². The molecule has 1 unspecified atom stereocenters. The fourth-order valence-corrected chi connectivity index (χ4v) is 4.50. The van der Waals surface area contributed by atoms with E-state index in [1.165, 1.54) is 12.3 Å². The van der Waals surface area contributed by atoms with Crippen molar-refractivity contribution in [1.82, 2.24) is 15.1 Å². The van der Waals surface area contributed by atoms with Gasteiger partial charge >= 0.3 is 12.1 Å². The highest BCUT2D eigenvalue weighted by Crippen LogP contribution is 2.49. The van der Waals surface area contributed by atoms with Crippen molar-refractivity contribution in [2.75, 3.05) is 11.9 Å². The third kappa shape index (κ3) is 3.75. The van der Waals surface area contributed by atoms with Gasteiger partial charge in [0.05, 0.1) is 30.0 Å². The van der Waals surface area contributed by atoms with Crippen LogP contribution in [0.1, 0.15) is 44.2 Å². The number of amides is 2. The second-order valence-electron chi connectivity index (χ2n) is 8.29. The molecule has 0 saturated heterocycles. The third-order valence-electron chi connectivity index (χ3n) is 6.18. The maximum absolute atomic E-state index is 14.5. The van der Waals surface area contributed by atoms with E-state index >= 15 is 0 Å². The van der Waals surface area contributed by atoms with Crippen molar-refractivity contribution < 1.29 is 27.8 Å². The Hall–Kier alpha value is -3.69. The van der Waals surface area contributed by atoms with Gasteiger partial charge in [-0.1, -0.05) is 6.07 Å². The first-order valence-electron chi connectivity index (χ1n) is 10.8. The molecule has 0 radical (unpaired) electrons. The summed E-state index contributed by atoms with van der Waals surface area (Å²) in [5, 5.41) is 10.2. The van der Waals surface area contributed by atoms with Gasteiger partial charge in [-0.25, -0.2) is 18.4 Å². The van der Waals surface area contributed by atoms with Gasteiger partial charge in [0, 0.05) is 23.4 Å². The largest absolute Gasteiger partial charge is 0.484 e. The Bertz CT molecular complexity index is 1250. The highest BCUT2D eigenvalue weighted by Gasteiger charge is 2.47. The molecule has 1 fully saturated rings. The Labute approximate surface area is 187 Å². The van der Waals surface area contributed by atoms with Crippen LogP contribution in [0.2, 0.25) is 0 Å². The van der Waals surface area contributed by atoms with Crippen LogP contribution in [0.15, 0.2) is 36.5 Å². The van der Waals surface area contributed by atoms with Crippen LogP contribution >= 0.6 is 0 Å². The van der Waals surface area contributed by atoms with Gasteiger partial charge in [-0.15, -0.1) is 0 Å². The van der Waals surface area contributed by atoms with Gasteiger partial charge in [-0.05, 0) is 44.4 Å². The van der Waals surface area contributed by atoms with Crippen LogP contribution in [0.3, 0.4) is 0 Å². The topological polar surface area (TPSA) is 94.5 Å². The number of hydrogen-bond acceptors (Lipinski definition) is 5. The van der Waals surface area contributed by atoms with Crippen molar-refractivity contribution in [3.05, 3.63) is 53.7 Å². The molecule has 0 bridgehead atoms. The monoisotopic (exact) mass is 456 g/mol. The first-order chi connectivity index (χ1) is 15.9. The number of carbonyl (C=O) groups excluding carboxylic acids is 2. The lowest BCUT2D eigenvalue weighted by Crippen LogP contribution is -2.50. The molecular weight excluding hydrogens is 434 g/mol. The van der Waals surface area contributed by atoms with Crippen LogP contribution in [0.25, 0.3) is 10.9 Å². The molecular formula is C23H22F2N4O4. The van der Waals surface area contributed by atoms with Crippen molar-refractivity contribution in [2.45, 2.75) is 44.2 Å². The fraction of sp³-hybridized carbons (Fsp3) is 0.348. The number of anilines is 1. The molecule has 1 spiro atoms. The zero-order valence-electron chi connectivity index (χ0n) is 17.9. The summed E-state index contributed by atoms with van der Waals surface area (Å²) in [6.45, 7) is 1.90. The molecule has 10 heteroatoms. The quantitative estimate of drug-likeness (QED) is 0.585. The minimum Gasteiger partial charge on any atom is -0.484 e. The molecule has 33 heavy (non-hydrogen) atoms. The maximum atomic E-state index is 14.5. The second kappa shape index (κ2) is 8.02. The lowest BCUT2D eigenvalue weighted by Gasteiger charge is -2.48. The number of ether oxygens (including phenoxy) is 2. The Morgan fingerprint density at radius 2 is 2.12 bits per heavy atom. The first-order valence-corrected chi connectivity index (χ1v) is 10.8. The Kier molecular flexibility index (Phi) is 5.15. The van der Waals surface area contributed by atoms with E-state index < -0.39 is 35.4 Å². The molecule has 2 N–H and O–H groups in total. The van der Waals surface area contributed by atoms with E-state index in [1.807, 2.05) is 0 Å². The van der Waals surface area contributed by atoms with Gasteiger partial charge in [0.2, 0.25) is 0 Å². The summed E-state index contributed by atoms with van der Waals surface area (Å²) in [6, 6.07) is 5.83. The number of halogens is 2. The Morgan fingerprint density at radius 1 is 1.30 bits per heavy atom. The molecule has 1 atom stereocenters. The summed E-state index contributed by atoms with van der Waals surface area (Å²) in [5.74, 6) is -1.52. The molecule has 172 valence electrons. The summed E-state index contributed by atoms with van der Waals surface area (Å²) in [4.78, 5) is 25.0. The third-order valence-corrected chi connectivity index (χ3v) is 6.18. The lowest BCUT2D eigenvalue weighted by atomic mass is 9.73. The summed E-state index contributed by atoms with van der Waals surface area (Å²) in [5.41, 5.74) is 0.620. The SMILES string of the molecule is CCOC(=O)n1ncc2c(NC(=O)NC3CC4(CCC4)Oc4c(F)cc(F)cc43)cccc21. The predicted octanol–water partition coefficient (Wildman–Crippen LogP) is 4.89. The van der Waals surface area contributed by atoms with Crippen LogP contribution in [-0.4, -0.2) is 34.1 Å². The van der Waals surface area contributed by atoms with E-state index in [0.29, 0.717) is 23.0 Å². The van der Waals surface area contributed by atoms with Crippen LogP contribution in [0.5, 0.6) is 5.75 Å². The molecule has 2 aromatic carbocycles. The molecule has 8 nitrogen and oxygen atoms in total. The minimum atomic E-state index is -0.778. The van der Waals surface area contributed by atoms with Gasteiger partial charge < -0.3 is 20.1 Å². The number of benzene rings is 2. The number of nitrogens with zero attached hydrogens (tertiary/aromatic N) is 2. The van der Waals surface area contributed by atoms with Gasteiger partial charge in [0.15, 0.2) is 11.6 Å². The first kappa shape index (κ1) is 21.2. The van der Waals surface area contributed by atoms with E-state index in [-0.39, 0.29) is 17.9 Å². The van der Waals surface area contributed by atoms with Gasteiger partial charge in [-0.3, -0.25) is 0 Å². The minimum absolute atomic E-state index is 0.00883. The molecule has 2 amide bonds. The van der Waals surface area contributed by atoms with E-state index in [2.05, 4.69) is 15.7 Å². The van der Waals surface area contributed by atoms with Gasteiger partial charge in [0.1, 0.15) is 11.4 Å².